The van der Waals surface area contributed by atoms with E-state index in [4.69, 9.17) is 0 Å². The van der Waals surface area contributed by atoms with Gasteiger partial charge in [-0.2, -0.15) is 0 Å². The van der Waals surface area contributed by atoms with Crippen molar-refractivity contribution in [2.24, 2.45) is 0 Å². The van der Waals surface area contributed by atoms with E-state index in [9.17, 15) is 13.9 Å². The van der Waals surface area contributed by atoms with Gasteiger partial charge in [0, 0.05) is 30.0 Å². The summed E-state index contributed by atoms with van der Waals surface area (Å²) >= 11 is 1.47. The fraction of sp³-hybridized carbons (Fsp3) is 0.533. The number of aliphatic hydroxyl groups excluding tert-OH is 1. The van der Waals surface area contributed by atoms with Crippen LogP contribution in [0.3, 0.4) is 0 Å². The van der Waals surface area contributed by atoms with Crippen LogP contribution in [0, 0.1) is 6.92 Å². The maximum atomic E-state index is 13.2. The highest BCUT2D eigenvalue weighted by Crippen LogP contribution is 2.34. The first-order chi connectivity index (χ1) is 10.9. The van der Waals surface area contributed by atoms with Gasteiger partial charge in [-0.05, 0) is 25.8 Å². The molecule has 0 spiro atoms. The average molecular weight is 340 g/mol. The molecule has 0 amide bonds. The number of nitrogens with one attached hydrogen (secondary N) is 1. The molecular weight excluding hydrogens is 322 g/mol. The van der Waals surface area contributed by atoms with E-state index in [1.54, 1.807) is 6.07 Å². The molecule has 3 rings (SSSR count). The molecule has 124 valence electrons. The SMILES string of the molecule is Cc1csc(-c2cc(CO)nc(NC3CCC(F)(F)CC3)n2)n1. The molecule has 0 radical (unpaired) electrons. The Morgan fingerprint density at radius 3 is 2.65 bits per heavy atom. The molecule has 0 atom stereocenters. The summed E-state index contributed by atoms with van der Waals surface area (Å²) < 4.78 is 26.4. The summed E-state index contributed by atoms with van der Waals surface area (Å²) in [7, 11) is 0. The third kappa shape index (κ3) is 4.00. The molecule has 2 aromatic heterocycles. The van der Waals surface area contributed by atoms with Crippen molar-refractivity contribution in [3.63, 3.8) is 0 Å². The van der Waals surface area contributed by atoms with Gasteiger partial charge in [-0.15, -0.1) is 11.3 Å². The second kappa shape index (κ2) is 6.45. The average Bonchev–Trinajstić information content (AvgIpc) is 2.96. The lowest BCUT2D eigenvalue weighted by atomic mass is 9.92. The van der Waals surface area contributed by atoms with Crippen molar-refractivity contribution in [1.82, 2.24) is 15.0 Å². The molecule has 8 heteroatoms. The van der Waals surface area contributed by atoms with Gasteiger partial charge in [0.2, 0.25) is 11.9 Å². The number of aryl methyl sites for hydroxylation is 1. The Morgan fingerprint density at radius 2 is 2.04 bits per heavy atom. The Bertz CT molecular complexity index is 682. The van der Waals surface area contributed by atoms with Crippen LogP contribution >= 0.6 is 11.3 Å². The molecule has 5 nitrogen and oxygen atoms in total. The van der Waals surface area contributed by atoms with Crippen LogP contribution in [0.2, 0.25) is 0 Å². The predicted molar refractivity (Wildman–Crippen MR) is 84.6 cm³/mol. The van der Waals surface area contributed by atoms with Gasteiger partial charge in [0.15, 0.2) is 0 Å². The number of rotatable bonds is 4. The van der Waals surface area contributed by atoms with E-state index in [0.29, 0.717) is 30.2 Å². The van der Waals surface area contributed by atoms with E-state index in [-0.39, 0.29) is 25.5 Å². The maximum Gasteiger partial charge on any atom is 0.248 e. The normalized spacial score (nSPS) is 18.1. The molecule has 0 aromatic carbocycles. The van der Waals surface area contributed by atoms with E-state index in [0.717, 1.165) is 10.7 Å². The first-order valence-corrected chi connectivity index (χ1v) is 8.39. The summed E-state index contributed by atoms with van der Waals surface area (Å²) in [6, 6.07) is 1.62. The summed E-state index contributed by atoms with van der Waals surface area (Å²) in [4.78, 5) is 13.0. The second-order valence-electron chi connectivity index (χ2n) is 5.79. The molecule has 2 heterocycles. The minimum atomic E-state index is -2.56. The topological polar surface area (TPSA) is 70.9 Å². The van der Waals surface area contributed by atoms with Crippen molar-refractivity contribution in [1.29, 1.82) is 0 Å². The summed E-state index contributed by atoms with van der Waals surface area (Å²) in [6.45, 7) is 1.69. The van der Waals surface area contributed by atoms with Gasteiger partial charge in [0.25, 0.3) is 0 Å². The monoisotopic (exact) mass is 340 g/mol. The van der Waals surface area contributed by atoms with Crippen LogP contribution in [-0.4, -0.2) is 32.0 Å². The highest BCUT2D eigenvalue weighted by Gasteiger charge is 2.35. The fourth-order valence-corrected chi connectivity index (χ4v) is 3.35. The highest BCUT2D eigenvalue weighted by molar-refractivity contribution is 7.13. The quantitative estimate of drug-likeness (QED) is 0.893. The van der Waals surface area contributed by atoms with Gasteiger partial charge in [-0.25, -0.2) is 23.7 Å². The molecule has 2 N–H and O–H groups in total. The Balaban J connectivity index is 1.79. The summed E-state index contributed by atoms with van der Waals surface area (Å²) in [5, 5.41) is 15.2. The zero-order chi connectivity index (χ0) is 16.4. The molecule has 0 saturated heterocycles. The van der Waals surface area contributed by atoms with E-state index < -0.39 is 5.92 Å². The Labute approximate surface area is 136 Å². The third-order valence-electron chi connectivity index (χ3n) is 3.83. The largest absolute Gasteiger partial charge is 0.390 e. The van der Waals surface area contributed by atoms with Crippen LogP contribution in [-0.2, 0) is 6.61 Å². The highest BCUT2D eigenvalue weighted by atomic mass is 32.1. The van der Waals surface area contributed by atoms with Crippen molar-refractivity contribution in [3.8, 4) is 10.7 Å². The zero-order valence-electron chi connectivity index (χ0n) is 12.7. The molecule has 23 heavy (non-hydrogen) atoms. The first kappa shape index (κ1) is 16.2. The van der Waals surface area contributed by atoms with Gasteiger partial charge < -0.3 is 10.4 Å². The number of hydrogen-bond acceptors (Lipinski definition) is 6. The molecule has 1 aliphatic carbocycles. The Morgan fingerprint density at radius 1 is 1.30 bits per heavy atom. The van der Waals surface area contributed by atoms with Crippen molar-refractivity contribution < 1.29 is 13.9 Å². The van der Waals surface area contributed by atoms with Gasteiger partial charge in [0.1, 0.15) is 10.7 Å². The number of hydrogen-bond donors (Lipinski definition) is 2. The minimum Gasteiger partial charge on any atom is -0.390 e. The number of anilines is 1. The summed E-state index contributed by atoms with van der Waals surface area (Å²) in [6.07, 6.45) is 0.516. The van der Waals surface area contributed by atoms with E-state index in [1.165, 1.54) is 11.3 Å². The zero-order valence-corrected chi connectivity index (χ0v) is 13.5. The van der Waals surface area contributed by atoms with Gasteiger partial charge >= 0.3 is 0 Å². The molecule has 0 bridgehead atoms. The minimum absolute atomic E-state index is 0.0746. The van der Waals surface area contributed by atoms with Crippen molar-refractivity contribution in [2.45, 2.75) is 51.2 Å². The lowest BCUT2D eigenvalue weighted by molar-refractivity contribution is -0.0361. The second-order valence-corrected chi connectivity index (χ2v) is 6.65. The third-order valence-corrected chi connectivity index (χ3v) is 4.81. The number of thiazole rings is 1. The Kier molecular flexibility index (Phi) is 4.54. The van der Waals surface area contributed by atoms with E-state index in [1.807, 2.05) is 12.3 Å². The first-order valence-electron chi connectivity index (χ1n) is 7.51. The Hall–Kier alpha value is -1.67. The van der Waals surface area contributed by atoms with Crippen LogP contribution < -0.4 is 5.32 Å². The maximum absolute atomic E-state index is 13.2. The molecular formula is C15H18F2N4OS. The predicted octanol–water partition coefficient (Wildman–Crippen LogP) is 3.39. The lowest BCUT2D eigenvalue weighted by Gasteiger charge is -2.28. The van der Waals surface area contributed by atoms with Crippen LogP contribution in [0.1, 0.15) is 37.1 Å². The number of nitrogens with zero attached hydrogens (tertiary/aromatic N) is 3. The molecule has 1 saturated carbocycles. The number of alkyl halides is 2. The van der Waals surface area contributed by atoms with Crippen molar-refractivity contribution in [2.75, 3.05) is 5.32 Å². The lowest BCUT2D eigenvalue weighted by Crippen LogP contribution is -2.32. The van der Waals surface area contributed by atoms with Gasteiger partial charge in [-0.3, -0.25) is 0 Å². The van der Waals surface area contributed by atoms with E-state index >= 15 is 0 Å². The number of aliphatic hydroxyl groups is 1. The standard InChI is InChI=1S/C15H18F2N4OS/c1-9-8-23-13(18-9)12-6-11(7-22)20-14(21-12)19-10-2-4-15(16,17)5-3-10/h6,8,10,22H,2-5,7H2,1H3,(H,19,20,21). The summed E-state index contributed by atoms with van der Waals surface area (Å²) in [5.41, 5.74) is 2.01. The van der Waals surface area contributed by atoms with E-state index in [2.05, 4.69) is 20.3 Å². The molecule has 0 unspecified atom stereocenters. The molecule has 2 aromatic rings. The van der Waals surface area contributed by atoms with Crippen LogP contribution in [0.25, 0.3) is 10.7 Å². The van der Waals surface area contributed by atoms with Crippen LogP contribution in [0.15, 0.2) is 11.4 Å². The molecule has 0 aliphatic heterocycles. The smallest absolute Gasteiger partial charge is 0.248 e. The van der Waals surface area contributed by atoms with Gasteiger partial charge in [0.05, 0.1) is 12.3 Å². The van der Waals surface area contributed by atoms with Gasteiger partial charge in [-0.1, -0.05) is 0 Å². The van der Waals surface area contributed by atoms with Crippen LogP contribution in [0.5, 0.6) is 0 Å². The number of aromatic nitrogens is 3. The number of halogens is 2. The fourth-order valence-electron chi connectivity index (χ4n) is 2.59. The molecule has 1 aliphatic rings. The van der Waals surface area contributed by atoms with Crippen molar-refractivity contribution >= 4 is 17.3 Å². The van der Waals surface area contributed by atoms with Crippen molar-refractivity contribution in [3.05, 3.63) is 22.8 Å². The summed E-state index contributed by atoms with van der Waals surface area (Å²) in [5.74, 6) is -2.20. The van der Waals surface area contributed by atoms with Crippen LogP contribution in [0.4, 0.5) is 14.7 Å². The molecule has 1 fully saturated rings.